The van der Waals surface area contributed by atoms with E-state index < -0.39 is 76.8 Å². The molecule has 2 aliphatic heterocycles. The SMILES string of the molecule is CC1(C)O[C@H]2[C@H]3C[C@@H]([C@H]2O1)N(c1cc(C(F)(F)F)cc(C(F)(F)F)n1)[C@@H]3c1nccc(=O)n1-c1ccc(F)c(Cl)c1. The van der Waals surface area contributed by atoms with Gasteiger partial charge in [-0.3, -0.25) is 9.36 Å². The highest BCUT2D eigenvalue weighted by Crippen LogP contribution is 2.57. The minimum atomic E-state index is -5.18. The minimum absolute atomic E-state index is 0.0211. The van der Waals surface area contributed by atoms with Gasteiger partial charge >= 0.3 is 12.4 Å². The normalized spacial score (nSPS) is 27.0. The van der Waals surface area contributed by atoms with Gasteiger partial charge in [0.25, 0.3) is 5.56 Å². The molecule has 4 heterocycles. The Balaban J connectivity index is 1.58. The Morgan fingerprint density at radius 3 is 2.37 bits per heavy atom. The van der Waals surface area contributed by atoms with Crippen LogP contribution in [0.25, 0.3) is 5.69 Å². The molecule has 1 aliphatic carbocycles. The van der Waals surface area contributed by atoms with Crippen molar-refractivity contribution in [1.29, 1.82) is 0 Å². The summed E-state index contributed by atoms with van der Waals surface area (Å²) in [5, 5.41) is -0.308. The van der Waals surface area contributed by atoms with Gasteiger partial charge in [-0.15, -0.1) is 0 Å². The predicted octanol–water partition coefficient (Wildman–Crippen LogP) is 5.93. The van der Waals surface area contributed by atoms with Gasteiger partial charge in [-0.25, -0.2) is 14.4 Å². The van der Waals surface area contributed by atoms with Crippen molar-refractivity contribution in [1.82, 2.24) is 14.5 Å². The van der Waals surface area contributed by atoms with Crippen LogP contribution in [0.2, 0.25) is 5.02 Å². The van der Waals surface area contributed by atoms with Crippen molar-refractivity contribution >= 4 is 17.4 Å². The van der Waals surface area contributed by atoms with Crippen LogP contribution in [0.4, 0.5) is 36.6 Å². The van der Waals surface area contributed by atoms with Crippen LogP contribution in [0, 0.1) is 11.7 Å². The van der Waals surface area contributed by atoms with Gasteiger partial charge in [0.2, 0.25) is 0 Å². The van der Waals surface area contributed by atoms with Crippen molar-refractivity contribution in [3.8, 4) is 5.69 Å². The monoisotopic (exact) mass is 604 g/mol. The highest BCUT2D eigenvalue weighted by molar-refractivity contribution is 6.30. The van der Waals surface area contributed by atoms with Crippen molar-refractivity contribution in [2.45, 2.75) is 62.7 Å². The van der Waals surface area contributed by atoms with E-state index in [0.29, 0.717) is 6.07 Å². The Hall–Kier alpha value is -3.23. The molecule has 15 heteroatoms. The van der Waals surface area contributed by atoms with Crippen molar-refractivity contribution in [3.05, 3.63) is 80.9 Å². The number of alkyl halides is 6. The molecule has 0 radical (unpaired) electrons. The van der Waals surface area contributed by atoms with Crippen LogP contribution in [-0.2, 0) is 21.8 Å². The fourth-order valence-corrected chi connectivity index (χ4v) is 6.26. The first kappa shape index (κ1) is 27.9. The smallest absolute Gasteiger partial charge is 0.344 e. The molecule has 41 heavy (non-hydrogen) atoms. The minimum Gasteiger partial charge on any atom is -0.344 e. The Bertz CT molecular complexity index is 1560. The number of hydrogen-bond donors (Lipinski definition) is 0. The molecule has 0 spiro atoms. The molecule has 2 bridgehead atoms. The Labute approximate surface area is 232 Å². The first-order valence-corrected chi connectivity index (χ1v) is 12.8. The second kappa shape index (κ2) is 9.13. The molecular formula is C26H20ClF7N4O3. The number of piperidine rings is 1. The predicted molar refractivity (Wildman–Crippen MR) is 130 cm³/mol. The Kier molecular flexibility index (Phi) is 6.22. The zero-order valence-corrected chi connectivity index (χ0v) is 21.9. The molecule has 1 saturated carbocycles. The zero-order chi connectivity index (χ0) is 29.6. The second-order valence-corrected chi connectivity index (χ2v) is 11.0. The standard InChI is InChI=1S/C26H20ClF7N4O3/c1-24(2)40-21-13-10-16(22(21)41-24)38(18-8-11(25(29,30)31)7-17(36-18)26(32,33)34)20(13)23-35-6-5-19(39)37(23)12-3-4-15(28)14(27)9-12/h3-9,13,16,20-22H,10H2,1-2H3/t13-,16-,20-,21-,22+/m0/s1. The zero-order valence-electron chi connectivity index (χ0n) is 21.2. The Morgan fingerprint density at radius 2 is 1.71 bits per heavy atom. The van der Waals surface area contributed by atoms with E-state index in [2.05, 4.69) is 9.97 Å². The molecular weight excluding hydrogens is 585 g/mol. The van der Waals surface area contributed by atoms with Crippen LogP contribution in [-0.4, -0.2) is 38.6 Å². The average molecular weight is 605 g/mol. The molecule has 3 aromatic rings. The summed E-state index contributed by atoms with van der Waals surface area (Å²) in [7, 11) is 0. The van der Waals surface area contributed by atoms with Crippen LogP contribution in [0.1, 0.15) is 43.4 Å². The number of pyridine rings is 1. The van der Waals surface area contributed by atoms with E-state index in [4.69, 9.17) is 21.1 Å². The summed E-state index contributed by atoms with van der Waals surface area (Å²) in [4.78, 5) is 22.4. The van der Waals surface area contributed by atoms with Gasteiger partial charge in [0, 0.05) is 18.2 Å². The molecule has 3 aliphatic rings. The van der Waals surface area contributed by atoms with E-state index in [1.165, 1.54) is 23.2 Å². The summed E-state index contributed by atoms with van der Waals surface area (Å²) in [6.45, 7) is 3.29. The number of rotatable bonds is 3. The summed E-state index contributed by atoms with van der Waals surface area (Å²) in [6, 6.07) is 3.22. The van der Waals surface area contributed by atoms with Crippen molar-refractivity contribution in [3.63, 3.8) is 0 Å². The van der Waals surface area contributed by atoms with Crippen LogP contribution in [0.3, 0.4) is 0 Å². The molecule has 218 valence electrons. The lowest BCUT2D eigenvalue weighted by Gasteiger charge is -2.41. The van der Waals surface area contributed by atoms with Gasteiger partial charge in [-0.05, 0) is 50.6 Å². The largest absolute Gasteiger partial charge is 0.433 e. The first-order valence-electron chi connectivity index (χ1n) is 12.4. The lowest BCUT2D eigenvalue weighted by molar-refractivity contribution is -0.154. The van der Waals surface area contributed by atoms with Crippen molar-refractivity contribution in [2.75, 3.05) is 4.90 Å². The van der Waals surface area contributed by atoms with E-state index in [9.17, 15) is 35.5 Å². The van der Waals surface area contributed by atoms with E-state index >= 15 is 0 Å². The third-order valence-electron chi connectivity index (χ3n) is 7.53. The summed E-state index contributed by atoms with van der Waals surface area (Å²) < 4.78 is 110. The number of halogens is 8. The van der Waals surface area contributed by atoms with Gasteiger partial charge in [0.15, 0.2) is 5.79 Å². The molecule has 1 aromatic carbocycles. The molecule has 0 unspecified atom stereocenters. The maximum absolute atomic E-state index is 13.9. The quantitative estimate of drug-likeness (QED) is 0.346. The molecule has 6 rings (SSSR count). The van der Waals surface area contributed by atoms with E-state index in [1.54, 1.807) is 13.8 Å². The number of nitrogens with zero attached hydrogens (tertiary/aromatic N) is 4. The van der Waals surface area contributed by atoms with Crippen LogP contribution >= 0.6 is 11.6 Å². The van der Waals surface area contributed by atoms with E-state index in [1.807, 2.05) is 0 Å². The summed E-state index contributed by atoms with van der Waals surface area (Å²) >= 11 is 5.96. The maximum atomic E-state index is 13.9. The maximum Gasteiger partial charge on any atom is 0.433 e. The molecule has 2 saturated heterocycles. The number of benzene rings is 1. The fraction of sp³-hybridized carbons (Fsp3) is 0.423. The number of ether oxygens (including phenoxy) is 2. The van der Waals surface area contributed by atoms with Crippen molar-refractivity contribution in [2.24, 2.45) is 5.92 Å². The number of hydrogen-bond acceptors (Lipinski definition) is 6. The van der Waals surface area contributed by atoms with Gasteiger partial charge < -0.3 is 14.4 Å². The topological polar surface area (TPSA) is 69.5 Å². The summed E-state index contributed by atoms with van der Waals surface area (Å²) in [5.41, 5.74) is -3.80. The third kappa shape index (κ3) is 4.65. The molecule has 5 atom stereocenters. The lowest BCUT2D eigenvalue weighted by atomic mass is 9.93. The first-order chi connectivity index (χ1) is 19.0. The number of fused-ring (bicyclic) bond motifs is 5. The van der Waals surface area contributed by atoms with Gasteiger partial charge in [0.05, 0.1) is 34.5 Å². The van der Waals surface area contributed by atoms with Crippen LogP contribution < -0.4 is 10.5 Å². The fourth-order valence-electron chi connectivity index (χ4n) is 6.09. The van der Waals surface area contributed by atoms with E-state index in [-0.39, 0.29) is 29.0 Å². The van der Waals surface area contributed by atoms with Crippen molar-refractivity contribution < 1.29 is 40.2 Å². The molecule has 0 amide bonds. The van der Waals surface area contributed by atoms with Gasteiger partial charge in [-0.1, -0.05) is 11.6 Å². The highest BCUT2D eigenvalue weighted by atomic mass is 35.5. The average Bonchev–Trinajstić information content (AvgIpc) is 3.51. The summed E-state index contributed by atoms with van der Waals surface area (Å²) in [6.07, 6.45) is -10.2. The van der Waals surface area contributed by atoms with Gasteiger partial charge in [0.1, 0.15) is 29.3 Å². The Morgan fingerprint density at radius 1 is 1.00 bits per heavy atom. The molecule has 3 fully saturated rings. The lowest BCUT2D eigenvalue weighted by Crippen LogP contribution is -2.50. The van der Waals surface area contributed by atoms with Crippen LogP contribution in [0.5, 0.6) is 0 Å². The third-order valence-corrected chi connectivity index (χ3v) is 7.82. The highest BCUT2D eigenvalue weighted by Gasteiger charge is 2.65. The van der Waals surface area contributed by atoms with Crippen LogP contribution in [0.15, 0.2) is 47.4 Å². The summed E-state index contributed by atoms with van der Waals surface area (Å²) in [5.74, 6) is -3.05. The molecule has 7 nitrogen and oxygen atoms in total. The number of aromatic nitrogens is 3. The second-order valence-electron chi connectivity index (χ2n) is 10.6. The van der Waals surface area contributed by atoms with E-state index in [0.717, 1.165) is 16.7 Å². The van der Waals surface area contributed by atoms with Gasteiger partial charge in [-0.2, -0.15) is 26.3 Å². The molecule has 0 N–H and O–H groups in total. The number of anilines is 1. The molecule has 2 aromatic heterocycles.